The normalized spacial score (nSPS) is 21.5. The van der Waals surface area contributed by atoms with Crippen LogP contribution in [0.15, 0.2) is 0 Å². The van der Waals surface area contributed by atoms with Gasteiger partial charge in [-0.3, -0.25) is 19.9 Å². The van der Waals surface area contributed by atoms with Crippen LogP contribution in [0.25, 0.3) is 0 Å². The predicted octanol–water partition coefficient (Wildman–Crippen LogP) is -1.81. The minimum absolute atomic E-state index is 0.0615. The molecule has 1 heterocycles. The lowest BCUT2D eigenvalue weighted by Crippen LogP contribution is -2.63. The average molecular weight is 200 g/mol. The number of nitrogens with one attached hydrogen (secondary N) is 2. The molecule has 0 unspecified atom stereocenters. The molecule has 0 aromatic rings. The maximum absolute atomic E-state index is 11.5. The van der Waals surface area contributed by atoms with Crippen molar-refractivity contribution in [3.05, 3.63) is 0 Å². The molecule has 0 atom stereocenters. The highest BCUT2D eigenvalue weighted by molar-refractivity contribution is 5.87. The van der Waals surface area contributed by atoms with E-state index >= 15 is 0 Å². The molecule has 0 bridgehead atoms. The number of hydrazine groups is 1. The smallest absolute Gasteiger partial charge is 0.248 e. The van der Waals surface area contributed by atoms with Gasteiger partial charge >= 0.3 is 0 Å². The van der Waals surface area contributed by atoms with E-state index in [1.807, 2.05) is 0 Å². The fraction of sp³-hybridized carbons (Fsp3) is 0.750. The van der Waals surface area contributed by atoms with Crippen molar-refractivity contribution in [2.24, 2.45) is 5.84 Å². The number of nitrogens with two attached hydrogens (primary N) is 1. The van der Waals surface area contributed by atoms with Gasteiger partial charge < -0.3 is 5.32 Å². The van der Waals surface area contributed by atoms with Gasteiger partial charge in [0.15, 0.2) is 0 Å². The lowest BCUT2D eigenvalue weighted by Gasteiger charge is -2.40. The maximum Gasteiger partial charge on any atom is 0.248 e. The standard InChI is InChI=1S/C8H16N4O2/c1-8(2)7(14)10-3-4-12(8)5-6(13)11-9/h3-5,9H2,1-2H3,(H,10,14)(H,11,13). The molecule has 1 fully saturated rings. The maximum atomic E-state index is 11.5. The SMILES string of the molecule is CC1(C)C(=O)NCCN1CC(=O)NN. The van der Waals surface area contributed by atoms with E-state index in [0.717, 1.165) is 0 Å². The summed E-state index contributed by atoms with van der Waals surface area (Å²) in [6.07, 6.45) is 0. The van der Waals surface area contributed by atoms with Crippen LogP contribution >= 0.6 is 0 Å². The molecule has 0 saturated carbocycles. The number of nitrogens with zero attached hydrogens (tertiary/aromatic N) is 1. The van der Waals surface area contributed by atoms with Crippen molar-refractivity contribution in [1.82, 2.24) is 15.6 Å². The third-order valence-corrected chi connectivity index (χ3v) is 2.51. The second-order valence-electron chi connectivity index (χ2n) is 3.80. The Balaban J connectivity index is 2.67. The van der Waals surface area contributed by atoms with Crippen LogP contribution in [-0.2, 0) is 9.59 Å². The fourth-order valence-corrected chi connectivity index (χ4v) is 1.44. The topological polar surface area (TPSA) is 87.5 Å². The average Bonchev–Trinajstić information content (AvgIpc) is 2.13. The molecule has 0 aromatic carbocycles. The van der Waals surface area contributed by atoms with E-state index in [1.54, 1.807) is 18.7 Å². The number of amides is 2. The van der Waals surface area contributed by atoms with E-state index < -0.39 is 5.54 Å². The van der Waals surface area contributed by atoms with E-state index in [9.17, 15) is 9.59 Å². The van der Waals surface area contributed by atoms with Crippen LogP contribution in [0.4, 0.5) is 0 Å². The summed E-state index contributed by atoms with van der Waals surface area (Å²) in [4.78, 5) is 24.3. The number of hydrogen-bond donors (Lipinski definition) is 3. The highest BCUT2D eigenvalue weighted by Crippen LogP contribution is 2.16. The molecule has 1 aliphatic rings. The van der Waals surface area contributed by atoms with Crippen LogP contribution in [0, 0.1) is 0 Å². The van der Waals surface area contributed by atoms with Gasteiger partial charge in [-0.2, -0.15) is 0 Å². The summed E-state index contributed by atoms with van der Waals surface area (Å²) in [5, 5.41) is 2.75. The molecule has 6 heteroatoms. The van der Waals surface area contributed by atoms with Gasteiger partial charge in [0.25, 0.3) is 0 Å². The van der Waals surface area contributed by atoms with Crippen molar-refractivity contribution < 1.29 is 9.59 Å². The van der Waals surface area contributed by atoms with E-state index in [0.29, 0.717) is 13.1 Å². The van der Waals surface area contributed by atoms with Gasteiger partial charge in [-0.1, -0.05) is 0 Å². The first kappa shape index (κ1) is 10.9. The van der Waals surface area contributed by atoms with Crippen molar-refractivity contribution in [1.29, 1.82) is 0 Å². The van der Waals surface area contributed by atoms with E-state index in [-0.39, 0.29) is 18.4 Å². The largest absolute Gasteiger partial charge is 0.353 e. The summed E-state index contributed by atoms with van der Waals surface area (Å²) in [6, 6.07) is 0. The number of piperazine rings is 1. The Morgan fingerprint density at radius 3 is 2.93 bits per heavy atom. The second kappa shape index (κ2) is 3.93. The third-order valence-electron chi connectivity index (χ3n) is 2.51. The van der Waals surface area contributed by atoms with Crippen LogP contribution in [0.1, 0.15) is 13.8 Å². The van der Waals surface area contributed by atoms with Crippen molar-refractivity contribution in [3.63, 3.8) is 0 Å². The first-order chi connectivity index (χ1) is 6.48. The van der Waals surface area contributed by atoms with Gasteiger partial charge in [0.2, 0.25) is 11.8 Å². The van der Waals surface area contributed by atoms with Crippen LogP contribution < -0.4 is 16.6 Å². The second-order valence-corrected chi connectivity index (χ2v) is 3.80. The van der Waals surface area contributed by atoms with Gasteiger partial charge in [0.1, 0.15) is 0 Å². The molecule has 4 N–H and O–H groups in total. The Kier molecular flexibility index (Phi) is 3.07. The summed E-state index contributed by atoms with van der Waals surface area (Å²) >= 11 is 0. The van der Waals surface area contributed by atoms with Crippen LogP contribution in [-0.4, -0.2) is 41.9 Å². The van der Waals surface area contributed by atoms with Crippen LogP contribution in [0.5, 0.6) is 0 Å². The van der Waals surface area contributed by atoms with E-state index in [1.165, 1.54) is 0 Å². The summed E-state index contributed by atoms with van der Waals surface area (Å²) in [7, 11) is 0. The Labute approximate surface area is 82.8 Å². The van der Waals surface area contributed by atoms with Crippen molar-refractivity contribution >= 4 is 11.8 Å². The van der Waals surface area contributed by atoms with Gasteiger partial charge in [0, 0.05) is 13.1 Å². The summed E-state index contributed by atoms with van der Waals surface area (Å²) in [6.45, 7) is 4.94. The third kappa shape index (κ3) is 2.02. The minimum atomic E-state index is -0.648. The van der Waals surface area contributed by atoms with Crippen LogP contribution in [0.3, 0.4) is 0 Å². The zero-order valence-electron chi connectivity index (χ0n) is 8.46. The molecule has 0 aliphatic carbocycles. The van der Waals surface area contributed by atoms with Crippen molar-refractivity contribution in [2.45, 2.75) is 19.4 Å². The number of carbonyl (C=O) groups excluding carboxylic acids is 2. The molecule has 6 nitrogen and oxygen atoms in total. The predicted molar refractivity (Wildman–Crippen MR) is 51.0 cm³/mol. The van der Waals surface area contributed by atoms with Crippen molar-refractivity contribution in [2.75, 3.05) is 19.6 Å². The summed E-state index contributed by atoms with van der Waals surface area (Å²) in [5.74, 6) is 4.64. The molecule has 0 spiro atoms. The van der Waals surface area contributed by atoms with Gasteiger partial charge in [-0.05, 0) is 13.8 Å². The summed E-state index contributed by atoms with van der Waals surface area (Å²) < 4.78 is 0. The number of carbonyl (C=O) groups is 2. The number of rotatable bonds is 2. The molecule has 1 aliphatic heterocycles. The Morgan fingerprint density at radius 1 is 1.71 bits per heavy atom. The van der Waals surface area contributed by atoms with E-state index in [2.05, 4.69) is 10.7 Å². The fourth-order valence-electron chi connectivity index (χ4n) is 1.44. The molecular weight excluding hydrogens is 184 g/mol. The lowest BCUT2D eigenvalue weighted by molar-refractivity contribution is -0.137. The first-order valence-electron chi connectivity index (χ1n) is 4.51. The van der Waals surface area contributed by atoms with E-state index in [4.69, 9.17) is 5.84 Å². The van der Waals surface area contributed by atoms with Gasteiger partial charge in [0.05, 0.1) is 12.1 Å². The molecule has 1 saturated heterocycles. The highest BCUT2D eigenvalue weighted by Gasteiger charge is 2.38. The Morgan fingerprint density at radius 2 is 2.36 bits per heavy atom. The highest BCUT2D eigenvalue weighted by atomic mass is 16.2. The lowest BCUT2D eigenvalue weighted by atomic mass is 9.99. The first-order valence-corrected chi connectivity index (χ1v) is 4.51. The Bertz CT molecular complexity index is 252. The quantitative estimate of drug-likeness (QED) is 0.278. The molecule has 0 radical (unpaired) electrons. The zero-order valence-corrected chi connectivity index (χ0v) is 8.46. The molecule has 14 heavy (non-hydrogen) atoms. The number of hydrogen-bond acceptors (Lipinski definition) is 4. The van der Waals surface area contributed by atoms with Gasteiger partial charge in [-0.25, -0.2) is 5.84 Å². The minimum Gasteiger partial charge on any atom is -0.353 e. The zero-order chi connectivity index (χ0) is 10.8. The molecule has 0 aromatic heterocycles. The summed E-state index contributed by atoms with van der Waals surface area (Å²) in [5.41, 5.74) is 1.40. The monoisotopic (exact) mass is 200 g/mol. The van der Waals surface area contributed by atoms with Crippen molar-refractivity contribution in [3.8, 4) is 0 Å². The van der Waals surface area contributed by atoms with Gasteiger partial charge in [-0.15, -0.1) is 0 Å². The molecule has 80 valence electrons. The molecule has 2 amide bonds. The molecular formula is C8H16N4O2. The van der Waals surface area contributed by atoms with Crippen LogP contribution in [0.2, 0.25) is 0 Å². The molecule has 1 rings (SSSR count). The Hall–Kier alpha value is -1.14.